The molecule has 0 aliphatic heterocycles. The van der Waals surface area contributed by atoms with Crippen molar-refractivity contribution in [3.63, 3.8) is 0 Å². The molecule has 0 unspecified atom stereocenters. The number of rotatable bonds is 5. The number of hydrogen-bond donors (Lipinski definition) is 1. The number of benzene rings is 3. The molecule has 0 aromatic heterocycles. The highest BCUT2D eigenvalue weighted by Gasteiger charge is 2.19. The van der Waals surface area contributed by atoms with E-state index in [2.05, 4.69) is 73.8 Å². The predicted molar refractivity (Wildman–Crippen MR) is 108 cm³/mol. The van der Waals surface area contributed by atoms with Crippen LogP contribution in [0, 0.1) is 13.8 Å². The lowest BCUT2D eigenvalue weighted by Crippen LogP contribution is -2.09. The molecule has 3 aromatic rings. The molecule has 0 fully saturated rings. The standard InChI is InChI=1S/C24H23NO/c1-16-7-9-21(13-17(16)2)25-12-11-24(26)19-8-10-23-20(15-19)14-18-5-3-4-6-22(18)23/h3-10,13,15,25H,11-12,14H2,1-2H3. The molecule has 2 heteroatoms. The summed E-state index contributed by atoms with van der Waals surface area (Å²) >= 11 is 0. The topological polar surface area (TPSA) is 29.1 Å². The first-order valence-electron chi connectivity index (χ1n) is 9.17. The van der Waals surface area contributed by atoms with E-state index < -0.39 is 0 Å². The number of fused-ring (bicyclic) bond motifs is 3. The second-order valence-corrected chi connectivity index (χ2v) is 7.10. The molecule has 0 radical (unpaired) electrons. The lowest BCUT2D eigenvalue weighted by molar-refractivity contribution is 0.0986. The molecule has 0 heterocycles. The molecule has 130 valence electrons. The zero-order valence-corrected chi connectivity index (χ0v) is 15.3. The zero-order valence-electron chi connectivity index (χ0n) is 15.3. The summed E-state index contributed by atoms with van der Waals surface area (Å²) in [4.78, 5) is 12.6. The zero-order chi connectivity index (χ0) is 18.1. The van der Waals surface area contributed by atoms with Gasteiger partial charge in [-0.15, -0.1) is 0 Å². The molecule has 2 nitrogen and oxygen atoms in total. The van der Waals surface area contributed by atoms with Crippen molar-refractivity contribution in [2.75, 3.05) is 11.9 Å². The fraction of sp³-hybridized carbons (Fsp3) is 0.208. The Balaban J connectivity index is 1.41. The van der Waals surface area contributed by atoms with Gasteiger partial charge < -0.3 is 5.32 Å². The Morgan fingerprint density at radius 2 is 1.69 bits per heavy atom. The van der Waals surface area contributed by atoms with Gasteiger partial charge in [-0.3, -0.25) is 4.79 Å². The molecule has 0 atom stereocenters. The fourth-order valence-corrected chi connectivity index (χ4v) is 3.63. The van der Waals surface area contributed by atoms with Crippen molar-refractivity contribution in [1.82, 2.24) is 0 Å². The summed E-state index contributed by atoms with van der Waals surface area (Å²) in [5.41, 5.74) is 9.63. The monoisotopic (exact) mass is 341 g/mol. The summed E-state index contributed by atoms with van der Waals surface area (Å²) in [7, 11) is 0. The molecule has 0 saturated heterocycles. The summed E-state index contributed by atoms with van der Waals surface area (Å²) < 4.78 is 0. The van der Waals surface area contributed by atoms with Crippen LogP contribution in [-0.2, 0) is 6.42 Å². The van der Waals surface area contributed by atoms with Crippen LogP contribution in [0.25, 0.3) is 11.1 Å². The van der Waals surface area contributed by atoms with Crippen LogP contribution in [0.3, 0.4) is 0 Å². The summed E-state index contributed by atoms with van der Waals surface area (Å²) in [6, 6.07) is 20.9. The van der Waals surface area contributed by atoms with E-state index in [4.69, 9.17) is 0 Å². The lowest BCUT2D eigenvalue weighted by Gasteiger charge is -2.09. The maximum atomic E-state index is 12.6. The number of ketones is 1. The number of carbonyl (C=O) groups is 1. The largest absolute Gasteiger partial charge is 0.385 e. The van der Waals surface area contributed by atoms with Crippen molar-refractivity contribution in [3.8, 4) is 11.1 Å². The molecule has 1 N–H and O–H groups in total. The van der Waals surface area contributed by atoms with Crippen LogP contribution >= 0.6 is 0 Å². The molecule has 0 amide bonds. The van der Waals surface area contributed by atoms with E-state index in [1.165, 1.54) is 33.4 Å². The van der Waals surface area contributed by atoms with E-state index in [9.17, 15) is 4.79 Å². The minimum atomic E-state index is 0.195. The maximum Gasteiger partial charge on any atom is 0.164 e. The summed E-state index contributed by atoms with van der Waals surface area (Å²) in [5, 5.41) is 3.36. The Bertz CT molecular complexity index is 987. The van der Waals surface area contributed by atoms with Crippen molar-refractivity contribution in [2.24, 2.45) is 0 Å². The molecule has 0 bridgehead atoms. The van der Waals surface area contributed by atoms with E-state index in [1.807, 2.05) is 6.07 Å². The highest BCUT2D eigenvalue weighted by atomic mass is 16.1. The second-order valence-electron chi connectivity index (χ2n) is 7.10. The summed E-state index contributed by atoms with van der Waals surface area (Å²) in [5.74, 6) is 0.195. The Morgan fingerprint density at radius 3 is 2.54 bits per heavy atom. The quantitative estimate of drug-likeness (QED) is 0.482. The van der Waals surface area contributed by atoms with Gasteiger partial charge in [0.15, 0.2) is 5.78 Å². The van der Waals surface area contributed by atoms with Crippen molar-refractivity contribution >= 4 is 11.5 Å². The van der Waals surface area contributed by atoms with Crippen LogP contribution in [0.2, 0.25) is 0 Å². The Morgan fingerprint density at radius 1 is 0.885 bits per heavy atom. The fourth-order valence-electron chi connectivity index (χ4n) is 3.63. The predicted octanol–water partition coefficient (Wildman–Crippen LogP) is 5.56. The smallest absolute Gasteiger partial charge is 0.164 e. The van der Waals surface area contributed by atoms with Gasteiger partial charge in [0.25, 0.3) is 0 Å². The Labute approximate surface area is 154 Å². The SMILES string of the molecule is Cc1ccc(NCCC(=O)c2ccc3c(c2)Cc2ccccc2-3)cc1C. The average molecular weight is 341 g/mol. The average Bonchev–Trinajstić information content (AvgIpc) is 3.02. The van der Waals surface area contributed by atoms with Crippen molar-refractivity contribution in [3.05, 3.63) is 88.5 Å². The van der Waals surface area contributed by atoms with Crippen molar-refractivity contribution in [2.45, 2.75) is 26.7 Å². The van der Waals surface area contributed by atoms with Gasteiger partial charge in [0.2, 0.25) is 0 Å². The van der Waals surface area contributed by atoms with E-state index in [0.29, 0.717) is 13.0 Å². The van der Waals surface area contributed by atoms with Crippen LogP contribution in [0.5, 0.6) is 0 Å². The Hall–Kier alpha value is -2.87. The third-order valence-electron chi connectivity index (χ3n) is 5.30. The van der Waals surface area contributed by atoms with E-state index >= 15 is 0 Å². The third-order valence-corrected chi connectivity index (χ3v) is 5.30. The highest BCUT2D eigenvalue weighted by Crippen LogP contribution is 2.36. The minimum Gasteiger partial charge on any atom is -0.385 e. The molecule has 1 aliphatic carbocycles. The number of hydrogen-bond acceptors (Lipinski definition) is 2. The highest BCUT2D eigenvalue weighted by molar-refractivity contribution is 5.97. The molecule has 0 spiro atoms. The number of carbonyl (C=O) groups excluding carboxylic acids is 1. The van der Waals surface area contributed by atoms with Gasteiger partial charge in [-0.25, -0.2) is 0 Å². The first-order chi connectivity index (χ1) is 12.6. The normalized spacial score (nSPS) is 11.8. The van der Waals surface area contributed by atoms with Crippen LogP contribution in [0.15, 0.2) is 60.7 Å². The van der Waals surface area contributed by atoms with E-state index in [-0.39, 0.29) is 5.78 Å². The number of Topliss-reactive ketones (excluding diaryl/α,β-unsaturated/α-hetero) is 1. The second kappa shape index (κ2) is 6.80. The molecular weight excluding hydrogens is 318 g/mol. The van der Waals surface area contributed by atoms with Crippen LogP contribution in [0.4, 0.5) is 5.69 Å². The molecule has 26 heavy (non-hydrogen) atoms. The van der Waals surface area contributed by atoms with Crippen LogP contribution in [0.1, 0.15) is 39.0 Å². The molecule has 3 aromatic carbocycles. The minimum absolute atomic E-state index is 0.195. The van der Waals surface area contributed by atoms with E-state index in [0.717, 1.165) is 17.7 Å². The Kier molecular flexibility index (Phi) is 4.34. The number of anilines is 1. The molecular formula is C24H23NO. The van der Waals surface area contributed by atoms with Crippen LogP contribution in [-0.4, -0.2) is 12.3 Å². The molecule has 4 rings (SSSR count). The van der Waals surface area contributed by atoms with Gasteiger partial charge in [-0.05, 0) is 71.8 Å². The van der Waals surface area contributed by atoms with Crippen molar-refractivity contribution in [1.29, 1.82) is 0 Å². The van der Waals surface area contributed by atoms with Gasteiger partial charge >= 0.3 is 0 Å². The third kappa shape index (κ3) is 3.15. The van der Waals surface area contributed by atoms with Gasteiger partial charge in [-0.2, -0.15) is 0 Å². The number of aryl methyl sites for hydroxylation is 2. The molecule has 0 saturated carbocycles. The van der Waals surface area contributed by atoms with Crippen molar-refractivity contribution < 1.29 is 4.79 Å². The van der Waals surface area contributed by atoms with Gasteiger partial charge in [0, 0.05) is 24.2 Å². The lowest BCUT2D eigenvalue weighted by atomic mass is 10.0. The summed E-state index contributed by atoms with van der Waals surface area (Å²) in [6.45, 7) is 4.86. The van der Waals surface area contributed by atoms with Crippen LogP contribution < -0.4 is 5.32 Å². The first kappa shape index (κ1) is 16.6. The van der Waals surface area contributed by atoms with E-state index in [1.54, 1.807) is 0 Å². The maximum absolute atomic E-state index is 12.6. The van der Waals surface area contributed by atoms with Gasteiger partial charge in [-0.1, -0.05) is 42.5 Å². The number of nitrogens with one attached hydrogen (secondary N) is 1. The van der Waals surface area contributed by atoms with Gasteiger partial charge in [0.05, 0.1) is 0 Å². The first-order valence-corrected chi connectivity index (χ1v) is 9.17. The van der Waals surface area contributed by atoms with Gasteiger partial charge in [0.1, 0.15) is 0 Å². The molecule has 1 aliphatic rings. The summed E-state index contributed by atoms with van der Waals surface area (Å²) in [6.07, 6.45) is 1.42.